The van der Waals surface area contributed by atoms with Crippen molar-refractivity contribution in [3.8, 4) is 0 Å². The molecule has 4 N–H and O–H groups in total. The van der Waals surface area contributed by atoms with Crippen LogP contribution in [0.4, 0.5) is 0 Å². The smallest absolute Gasteiger partial charge is 0.323 e. The lowest BCUT2D eigenvalue weighted by Crippen LogP contribution is -2.57. The third-order valence-electron chi connectivity index (χ3n) is 3.08. The molecular weight excluding hydrogens is 240 g/mol. The van der Waals surface area contributed by atoms with Crippen LogP contribution in [-0.4, -0.2) is 51.6 Å². The maximum atomic E-state index is 12.2. The lowest BCUT2D eigenvalue weighted by Gasteiger charge is -2.39. The van der Waals surface area contributed by atoms with Gasteiger partial charge in [0.25, 0.3) is 0 Å². The molecule has 0 heterocycles. The summed E-state index contributed by atoms with van der Waals surface area (Å²) in [5, 5.41) is 17.4. The molecule has 0 aromatic heterocycles. The van der Waals surface area contributed by atoms with Crippen LogP contribution in [0.1, 0.15) is 27.7 Å². The number of hydrogen-bond donors (Lipinski definition) is 3. The number of carbonyl (C=O) groups is 3. The van der Waals surface area contributed by atoms with Crippen molar-refractivity contribution in [2.24, 2.45) is 11.1 Å². The molecule has 7 nitrogen and oxygen atoms in total. The lowest BCUT2D eigenvalue weighted by molar-refractivity contribution is -0.155. The summed E-state index contributed by atoms with van der Waals surface area (Å²) in [6.07, 6.45) is 0. The summed E-state index contributed by atoms with van der Waals surface area (Å²) in [5.74, 6) is -3.13. The zero-order valence-electron chi connectivity index (χ0n) is 11.1. The van der Waals surface area contributed by atoms with Crippen molar-refractivity contribution in [1.29, 1.82) is 0 Å². The number of hydrogen-bond acceptors (Lipinski definition) is 4. The Kier molecular flexibility index (Phi) is 4.86. The van der Waals surface area contributed by atoms with E-state index in [0.29, 0.717) is 0 Å². The van der Waals surface area contributed by atoms with Gasteiger partial charge in [-0.25, -0.2) is 0 Å². The second-order valence-corrected chi connectivity index (χ2v) is 5.30. The first-order chi connectivity index (χ1) is 7.89. The second kappa shape index (κ2) is 5.34. The van der Waals surface area contributed by atoms with Crippen molar-refractivity contribution in [2.75, 3.05) is 13.1 Å². The quantitative estimate of drug-likeness (QED) is 0.605. The van der Waals surface area contributed by atoms with Crippen molar-refractivity contribution in [1.82, 2.24) is 4.90 Å². The summed E-state index contributed by atoms with van der Waals surface area (Å²) in [6, 6.07) is 0. The van der Waals surface area contributed by atoms with E-state index in [2.05, 4.69) is 0 Å². The molecule has 0 rings (SSSR count). The van der Waals surface area contributed by atoms with E-state index in [0.717, 1.165) is 4.90 Å². The molecular formula is C11H20N2O5. The first kappa shape index (κ1) is 16.4. The van der Waals surface area contributed by atoms with Gasteiger partial charge in [-0.3, -0.25) is 14.4 Å². The fraction of sp³-hybridized carbons (Fsp3) is 0.727. The van der Waals surface area contributed by atoms with Gasteiger partial charge in [-0.15, -0.1) is 0 Å². The van der Waals surface area contributed by atoms with E-state index in [1.165, 1.54) is 0 Å². The number of nitrogens with zero attached hydrogens (tertiary/aromatic N) is 1. The van der Waals surface area contributed by atoms with Gasteiger partial charge in [-0.1, -0.05) is 0 Å². The fourth-order valence-electron chi connectivity index (χ4n) is 1.20. The van der Waals surface area contributed by atoms with Gasteiger partial charge in [0.1, 0.15) is 13.1 Å². The molecule has 1 amide bonds. The summed E-state index contributed by atoms with van der Waals surface area (Å²) < 4.78 is 0. The van der Waals surface area contributed by atoms with E-state index < -0.39 is 41.9 Å². The number of amides is 1. The van der Waals surface area contributed by atoms with Gasteiger partial charge in [0.15, 0.2) is 0 Å². The van der Waals surface area contributed by atoms with Crippen LogP contribution in [0.2, 0.25) is 0 Å². The Bertz CT molecular complexity index is 341. The summed E-state index contributed by atoms with van der Waals surface area (Å²) in [5.41, 5.74) is 3.90. The molecule has 0 fully saturated rings. The normalized spacial score (nSPS) is 12.1. The lowest BCUT2D eigenvalue weighted by atomic mass is 9.74. The van der Waals surface area contributed by atoms with E-state index >= 15 is 0 Å². The highest BCUT2D eigenvalue weighted by Gasteiger charge is 2.43. The highest BCUT2D eigenvalue weighted by Crippen LogP contribution is 2.30. The van der Waals surface area contributed by atoms with Crippen molar-refractivity contribution in [3.63, 3.8) is 0 Å². The topological polar surface area (TPSA) is 121 Å². The number of aliphatic carboxylic acids is 2. The van der Waals surface area contributed by atoms with Crippen LogP contribution in [-0.2, 0) is 14.4 Å². The molecule has 0 radical (unpaired) electrons. The molecule has 0 aromatic rings. The zero-order valence-corrected chi connectivity index (χ0v) is 11.1. The standard InChI is InChI=1S/C11H20N2O5/c1-10(2,11(3,4)12)9(18)13(5-7(14)15)6-8(16)17/h5-6,12H2,1-4H3,(H,14,15)(H,16,17). The molecule has 0 bridgehead atoms. The minimum absolute atomic E-state index is 0.597. The van der Waals surface area contributed by atoms with E-state index in [1.54, 1.807) is 27.7 Å². The van der Waals surface area contributed by atoms with Crippen molar-refractivity contribution >= 4 is 17.8 Å². The molecule has 0 aromatic carbocycles. The largest absolute Gasteiger partial charge is 0.480 e. The monoisotopic (exact) mass is 260 g/mol. The predicted octanol–water partition coefficient (Wildman–Crippen LogP) is -0.252. The Labute approximate surface area is 106 Å². The second-order valence-electron chi connectivity index (χ2n) is 5.30. The number of nitrogens with two attached hydrogens (primary N) is 1. The Hall–Kier alpha value is -1.63. The van der Waals surface area contributed by atoms with Gasteiger partial charge < -0.3 is 20.8 Å². The molecule has 0 aliphatic carbocycles. The highest BCUT2D eigenvalue weighted by atomic mass is 16.4. The Morgan fingerprint density at radius 1 is 1.00 bits per heavy atom. The first-order valence-electron chi connectivity index (χ1n) is 5.41. The van der Waals surface area contributed by atoms with Gasteiger partial charge >= 0.3 is 11.9 Å². The van der Waals surface area contributed by atoms with Crippen LogP contribution in [0.15, 0.2) is 0 Å². The summed E-state index contributed by atoms with van der Waals surface area (Å²) in [4.78, 5) is 34.3. The number of carboxylic acids is 2. The van der Waals surface area contributed by atoms with Crippen LogP contribution in [0.5, 0.6) is 0 Å². The third-order valence-corrected chi connectivity index (χ3v) is 3.08. The average molecular weight is 260 g/mol. The molecule has 7 heteroatoms. The first-order valence-corrected chi connectivity index (χ1v) is 5.41. The Morgan fingerprint density at radius 2 is 1.33 bits per heavy atom. The Morgan fingerprint density at radius 3 is 1.56 bits per heavy atom. The van der Waals surface area contributed by atoms with Crippen molar-refractivity contribution in [3.05, 3.63) is 0 Å². The minimum atomic E-state index is -1.27. The Balaban J connectivity index is 5.18. The average Bonchev–Trinajstić information content (AvgIpc) is 2.12. The minimum Gasteiger partial charge on any atom is -0.480 e. The van der Waals surface area contributed by atoms with Crippen LogP contribution >= 0.6 is 0 Å². The van der Waals surface area contributed by atoms with E-state index in [1.807, 2.05) is 0 Å². The summed E-state index contributed by atoms with van der Waals surface area (Å²) >= 11 is 0. The number of carboxylic acid groups (broad SMARTS) is 2. The number of carbonyl (C=O) groups excluding carboxylic acids is 1. The predicted molar refractivity (Wildman–Crippen MR) is 63.9 cm³/mol. The van der Waals surface area contributed by atoms with Gasteiger partial charge in [0.05, 0.1) is 5.41 Å². The van der Waals surface area contributed by atoms with E-state index in [9.17, 15) is 14.4 Å². The maximum Gasteiger partial charge on any atom is 0.323 e. The summed E-state index contributed by atoms with van der Waals surface area (Å²) in [6.45, 7) is 5.06. The van der Waals surface area contributed by atoms with E-state index in [-0.39, 0.29) is 0 Å². The van der Waals surface area contributed by atoms with Gasteiger partial charge in [-0.2, -0.15) is 0 Å². The van der Waals surface area contributed by atoms with Crippen molar-refractivity contribution in [2.45, 2.75) is 33.2 Å². The molecule has 0 aliphatic heterocycles. The van der Waals surface area contributed by atoms with Gasteiger partial charge in [0.2, 0.25) is 5.91 Å². The SMILES string of the molecule is CC(C)(N)C(C)(C)C(=O)N(CC(=O)O)CC(=O)O. The highest BCUT2D eigenvalue weighted by molar-refractivity contribution is 5.89. The molecule has 0 atom stereocenters. The molecule has 0 unspecified atom stereocenters. The fourth-order valence-corrected chi connectivity index (χ4v) is 1.20. The molecule has 18 heavy (non-hydrogen) atoms. The molecule has 0 saturated heterocycles. The molecule has 0 spiro atoms. The molecule has 104 valence electrons. The van der Waals surface area contributed by atoms with Crippen LogP contribution in [0.3, 0.4) is 0 Å². The molecule has 0 saturated carbocycles. The summed E-state index contributed by atoms with van der Waals surface area (Å²) in [7, 11) is 0. The third kappa shape index (κ3) is 3.99. The zero-order chi connectivity index (χ0) is 14.7. The van der Waals surface area contributed by atoms with E-state index in [4.69, 9.17) is 15.9 Å². The van der Waals surface area contributed by atoms with Crippen molar-refractivity contribution < 1.29 is 24.6 Å². The van der Waals surface area contributed by atoms with Gasteiger partial charge in [-0.05, 0) is 27.7 Å². The maximum absolute atomic E-state index is 12.2. The van der Waals surface area contributed by atoms with Gasteiger partial charge in [0, 0.05) is 5.54 Å². The van der Waals surface area contributed by atoms with Crippen LogP contribution < -0.4 is 5.73 Å². The van der Waals surface area contributed by atoms with Crippen LogP contribution in [0, 0.1) is 5.41 Å². The molecule has 0 aliphatic rings. The number of rotatable bonds is 6. The van der Waals surface area contributed by atoms with Crippen LogP contribution in [0.25, 0.3) is 0 Å².